The van der Waals surface area contributed by atoms with E-state index in [4.69, 9.17) is 4.74 Å². The molecule has 8 heteroatoms. The largest absolute Gasteiger partial charge is 0.470 e. The molecule has 126 valence electrons. The first kappa shape index (κ1) is 14.8. The van der Waals surface area contributed by atoms with Gasteiger partial charge >= 0.3 is 0 Å². The van der Waals surface area contributed by atoms with Crippen LogP contribution in [-0.2, 0) is 13.3 Å². The lowest BCUT2D eigenvalue weighted by atomic mass is 10.3. The summed E-state index contributed by atoms with van der Waals surface area (Å²) >= 11 is 3.60. The van der Waals surface area contributed by atoms with Crippen LogP contribution in [0.15, 0.2) is 40.9 Å². The number of para-hydroxylation sites is 1. The van der Waals surface area contributed by atoms with Gasteiger partial charge in [0, 0.05) is 6.54 Å². The Bertz CT molecular complexity index is 1070. The Morgan fingerprint density at radius 1 is 1.00 bits per heavy atom. The van der Waals surface area contributed by atoms with Crippen molar-refractivity contribution < 1.29 is 4.74 Å². The Hall–Kier alpha value is -2.48. The normalized spacial score (nSPS) is 14.4. The summed E-state index contributed by atoms with van der Waals surface area (Å²) in [6, 6.07) is 11.8. The molecular weight excluding hydrogens is 384 g/mol. The number of nitrogens with zero attached hydrogens (tertiary/aromatic N) is 6. The highest BCUT2D eigenvalue weighted by Crippen LogP contribution is 2.35. The van der Waals surface area contributed by atoms with Crippen LogP contribution in [0.25, 0.3) is 22.1 Å². The zero-order valence-corrected chi connectivity index (χ0v) is 14.9. The first-order chi connectivity index (χ1) is 12.3. The van der Waals surface area contributed by atoms with Crippen molar-refractivity contribution in [2.24, 2.45) is 5.92 Å². The van der Waals surface area contributed by atoms with Crippen molar-refractivity contribution in [3.63, 3.8) is 0 Å². The fraction of sp³-hybridized carbons (Fsp3) is 0.294. The van der Waals surface area contributed by atoms with Crippen molar-refractivity contribution in [3.8, 4) is 5.75 Å². The molecule has 1 fully saturated rings. The van der Waals surface area contributed by atoms with Crippen molar-refractivity contribution in [1.82, 2.24) is 30.0 Å². The molecule has 0 atom stereocenters. The number of benzene rings is 2. The molecule has 7 nitrogen and oxygen atoms in total. The van der Waals surface area contributed by atoms with E-state index < -0.39 is 0 Å². The van der Waals surface area contributed by atoms with Gasteiger partial charge in [-0.25, -0.2) is 9.36 Å². The summed E-state index contributed by atoms with van der Waals surface area (Å²) in [6.07, 6.45) is 2.57. The number of halogens is 1. The highest BCUT2D eigenvalue weighted by molar-refractivity contribution is 9.10. The maximum atomic E-state index is 5.94. The molecule has 0 saturated heterocycles. The minimum absolute atomic E-state index is 0.279. The van der Waals surface area contributed by atoms with Crippen molar-refractivity contribution in [1.29, 1.82) is 0 Å². The van der Waals surface area contributed by atoms with E-state index in [0.717, 1.165) is 39.0 Å². The van der Waals surface area contributed by atoms with Gasteiger partial charge in [-0.05, 0) is 59.0 Å². The topological polar surface area (TPSA) is 70.7 Å². The Morgan fingerprint density at radius 2 is 1.84 bits per heavy atom. The molecular formula is C17H15BrN6O. The molecule has 2 heterocycles. The van der Waals surface area contributed by atoms with E-state index in [1.54, 1.807) is 4.68 Å². The molecule has 0 N–H and O–H groups in total. The third-order valence-corrected chi connectivity index (χ3v) is 5.25. The Balaban J connectivity index is 1.42. The SMILES string of the molecule is Brc1c(OCn2nnc3ccccc32)ccc2c1nnn2CC1CC1. The van der Waals surface area contributed by atoms with Gasteiger partial charge in [0.25, 0.3) is 0 Å². The maximum absolute atomic E-state index is 5.94. The Morgan fingerprint density at radius 3 is 2.72 bits per heavy atom. The van der Waals surface area contributed by atoms with Gasteiger partial charge in [-0.3, -0.25) is 0 Å². The maximum Gasteiger partial charge on any atom is 0.183 e. The van der Waals surface area contributed by atoms with Gasteiger partial charge in [-0.15, -0.1) is 10.2 Å². The van der Waals surface area contributed by atoms with Crippen molar-refractivity contribution in [3.05, 3.63) is 40.9 Å². The zero-order valence-electron chi connectivity index (χ0n) is 13.3. The van der Waals surface area contributed by atoms with Crippen LogP contribution in [-0.4, -0.2) is 30.0 Å². The Labute approximate surface area is 151 Å². The summed E-state index contributed by atoms with van der Waals surface area (Å²) in [4.78, 5) is 0. The number of hydrogen-bond acceptors (Lipinski definition) is 5. The summed E-state index contributed by atoms with van der Waals surface area (Å²) in [5.74, 6) is 1.46. The van der Waals surface area contributed by atoms with Crippen LogP contribution in [0.1, 0.15) is 12.8 Å². The van der Waals surface area contributed by atoms with Gasteiger partial charge in [0.1, 0.15) is 16.8 Å². The number of rotatable bonds is 5. The molecule has 4 aromatic rings. The molecule has 0 spiro atoms. The van der Waals surface area contributed by atoms with Gasteiger partial charge in [-0.2, -0.15) is 0 Å². The highest BCUT2D eigenvalue weighted by Gasteiger charge is 2.23. The minimum Gasteiger partial charge on any atom is -0.470 e. The molecule has 1 aliphatic carbocycles. The van der Waals surface area contributed by atoms with E-state index >= 15 is 0 Å². The summed E-state index contributed by atoms with van der Waals surface area (Å²) in [5, 5.41) is 16.9. The molecule has 2 aromatic heterocycles. The molecule has 1 saturated carbocycles. The van der Waals surface area contributed by atoms with Crippen molar-refractivity contribution in [2.75, 3.05) is 0 Å². The van der Waals surface area contributed by atoms with E-state index in [1.165, 1.54) is 12.8 Å². The fourth-order valence-corrected chi connectivity index (χ4v) is 3.45. The summed E-state index contributed by atoms with van der Waals surface area (Å²) in [7, 11) is 0. The second-order valence-electron chi connectivity index (χ2n) is 6.31. The molecule has 0 bridgehead atoms. The second-order valence-corrected chi connectivity index (χ2v) is 7.10. The lowest BCUT2D eigenvalue weighted by Gasteiger charge is -2.09. The third-order valence-electron chi connectivity index (χ3n) is 4.48. The van der Waals surface area contributed by atoms with E-state index in [2.05, 4.69) is 36.6 Å². The quantitative estimate of drug-likeness (QED) is 0.515. The average molecular weight is 399 g/mol. The van der Waals surface area contributed by atoms with Gasteiger partial charge in [0.2, 0.25) is 0 Å². The summed E-state index contributed by atoms with van der Waals surface area (Å²) in [5.41, 5.74) is 3.64. The van der Waals surface area contributed by atoms with Crippen LogP contribution < -0.4 is 4.74 Å². The molecule has 0 aliphatic heterocycles. The van der Waals surface area contributed by atoms with Gasteiger partial charge < -0.3 is 4.74 Å². The molecule has 5 rings (SSSR count). The highest BCUT2D eigenvalue weighted by atomic mass is 79.9. The number of hydrogen-bond donors (Lipinski definition) is 0. The molecule has 0 unspecified atom stereocenters. The van der Waals surface area contributed by atoms with Crippen LogP contribution in [0, 0.1) is 5.92 Å². The molecule has 0 amide bonds. The molecule has 0 radical (unpaired) electrons. The van der Waals surface area contributed by atoms with E-state index in [0.29, 0.717) is 5.75 Å². The van der Waals surface area contributed by atoms with Gasteiger partial charge in [0.05, 0.1) is 15.5 Å². The van der Waals surface area contributed by atoms with Gasteiger partial charge in [0.15, 0.2) is 6.73 Å². The van der Waals surface area contributed by atoms with E-state index in [9.17, 15) is 0 Å². The standard InChI is InChI=1S/C17H15BrN6O/c18-16-15(25-10-24-13-4-2-1-3-12(13)19-21-24)8-7-14-17(16)20-22-23(14)9-11-5-6-11/h1-4,7-8,11H,5-6,9-10H2. The van der Waals surface area contributed by atoms with E-state index in [1.807, 2.05) is 41.1 Å². The summed E-state index contributed by atoms with van der Waals surface area (Å²) < 4.78 is 10.5. The fourth-order valence-electron chi connectivity index (χ4n) is 2.92. The zero-order chi connectivity index (χ0) is 16.8. The minimum atomic E-state index is 0.279. The predicted molar refractivity (Wildman–Crippen MR) is 96.1 cm³/mol. The van der Waals surface area contributed by atoms with Crippen LogP contribution in [0.4, 0.5) is 0 Å². The van der Waals surface area contributed by atoms with Crippen LogP contribution in [0.3, 0.4) is 0 Å². The average Bonchev–Trinajstić information content (AvgIpc) is 3.21. The monoisotopic (exact) mass is 398 g/mol. The van der Waals surface area contributed by atoms with Crippen LogP contribution >= 0.6 is 15.9 Å². The third kappa shape index (κ3) is 2.66. The predicted octanol–water partition coefficient (Wildman–Crippen LogP) is 3.39. The van der Waals surface area contributed by atoms with E-state index in [-0.39, 0.29) is 6.73 Å². The number of fused-ring (bicyclic) bond motifs is 2. The van der Waals surface area contributed by atoms with Crippen molar-refractivity contribution >= 4 is 38.0 Å². The number of ether oxygens (including phenoxy) is 1. The molecule has 25 heavy (non-hydrogen) atoms. The summed E-state index contributed by atoms with van der Waals surface area (Å²) in [6.45, 7) is 1.22. The molecule has 2 aromatic carbocycles. The lowest BCUT2D eigenvalue weighted by Crippen LogP contribution is -2.07. The Kier molecular flexibility index (Phi) is 3.44. The number of aromatic nitrogens is 6. The first-order valence-corrected chi connectivity index (χ1v) is 9.01. The van der Waals surface area contributed by atoms with Crippen LogP contribution in [0.2, 0.25) is 0 Å². The lowest BCUT2D eigenvalue weighted by molar-refractivity contribution is 0.222. The molecule has 1 aliphatic rings. The van der Waals surface area contributed by atoms with Crippen molar-refractivity contribution in [2.45, 2.75) is 26.1 Å². The van der Waals surface area contributed by atoms with Gasteiger partial charge in [-0.1, -0.05) is 22.6 Å². The second kappa shape index (κ2) is 5.80. The smallest absolute Gasteiger partial charge is 0.183 e. The first-order valence-electron chi connectivity index (χ1n) is 8.22. The van der Waals surface area contributed by atoms with Crippen LogP contribution in [0.5, 0.6) is 5.75 Å².